The van der Waals surface area contributed by atoms with Crippen molar-refractivity contribution in [2.24, 2.45) is 29.1 Å². The molecule has 0 aromatic heterocycles. The van der Waals surface area contributed by atoms with Gasteiger partial charge in [-0.05, 0) is 49.4 Å². The number of aliphatic hydroxyl groups is 2. The second kappa shape index (κ2) is 8.38. The molecule has 3 N–H and O–H groups in total. The molecular formula is C21H36N2O5. The fraction of sp³-hybridized carbons (Fsp3) is 0.905. The van der Waals surface area contributed by atoms with Crippen LogP contribution in [0.2, 0.25) is 0 Å². The van der Waals surface area contributed by atoms with Crippen molar-refractivity contribution in [1.29, 1.82) is 0 Å². The van der Waals surface area contributed by atoms with Crippen molar-refractivity contribution >= 4 is 12.2 Å². The van der Waals surface area contributed by atoms with E-state index in [1.165, 1.54) is 6.42 Å². The smallest absolute Gasteiger partial charge is 0.240 e. The van der Waals surface area contributed by atoms with Crippen LogP contribution in [0, 0.1) is 29.1 Å². The molecule has 7 heteroatoms. The summed E-state index contributed by atoms with van der Waals surface area (Å²) in [5.74, 6) is 1.02. The predicted octanol–water partition coefficient (Wildman–Crippen LogP) is 1.13. The van der Waals surface area contributed by atoms with Crippen LogP contribution in [0.25, 0.3) is 0 Å². The first-order chi connectivity index (χ1) is 13.2. The van der Waals surface area contributed by atoms with Gasteiger partial charge in [0.1, 0.15) is 18.4 Å². The molecule has 1 amide bonds. The Morgan fingerprint density at radius 2 is 2.11 bits per heavy atom. The standard InChI is InChI=1S/C21H36N2O5/c1-12-15-9-14(21(15,3)4)10-16(12)22-20(27)19-18(13(2)26)17(11-25)28-23(19)7-5-6-8-24/h8,12-19,25-26H,5-7,9-11H2,1-4H3,(H,22,27)/t12-,13-,14+,15-,16-,17-,18+,19-/m0/s1. The monoisotopic (exact) mass is 396 g/mol. The van der Waals surface area contributed by atoms with Gasteiger partial charge in [0.2, 0.25) is 5.91 Å². The molecule has 28 heavy (non-hydrogen) atoms. The number of unbranched alkanes of at least 4 members (excludes halogenated alkanes) is 1. The van der Waals surface area contributed by atoms with E-state index >= 15 is 0 Å². The van der Waals surface area contributed by atoms with E-state index in [-0.39, 0.29) is 18.6 Å². The summed E-state index contributed by atoms with van der Waals surface area (Å²) in [5, 5.41) is 24.8. The van der Waals surface area contributed by atoms with Gasteiger partial charge in [0, 0.05) is 24.9 Å². The van der Waals surface area contributed by atoms with Crippen LogP contribution in [0.5, 0.6) is 0 Å². The highest BCUT2D eigenvalue weighted by Gasteiger charge is 2.57. The maximum absolute atomic E-state index is 13.3. The number of carbonyl (C=O) groups excluding carboxylic acids is 2. The lowest BCUT2D eigenvalue weighted by Crippen LogP contribution is -2.62. The fourth-order valence-corrected chi connectivity index (χ4v) is 5.87. The normalized spacial score (nSPS) is 40.6. The van der Waals surface area contributed by atoms with Crippen LogP contribution in [0.3, 0.4) is 0 Å². The minimum atomic E-state index is -0.792. The Labute approximate surface area is 167 Å². The Morgan fingerprint density at radius 3 is 2.64 bits per heavy atom. The zero-order valence-electron chi connectivity index (χ0n) is 17.5. The summed E-state index contributed by atoms with van der Waals surface area (Å²) in [7, 11) is 0. The Morgan fingerprint density at radius 1 is 1.39 bits per heavy atom. The van der Waals surface area contributed by atoms with Crippen molar-refractivity contribution in [2.75, 3.05) is 13.2 Å². The highest BCUT2D eigenvalue weighted by atomic mass is 16.7. The van der Waals surface area contributed by atoms with Gasteiger partial charge < -0.3 is 20.3 Å². The first-order valence-corrected chi connectivity index (χ1v) is 10.7. The molecule has 4 fully saturated rings. The summed E-state index contributed by atoms with van der Waals surface area (Å²) < 4.78 is 0. The van der Waals surface area contributed by atoms with Crippen LogP contribution in [-0.4, -0.2) is 64.9 Å². The first-order valence-electron chi connectivity index (χ1n) is 10.7. The van der Waals surface area contributed by atoms with E-state index < -0.39 is 24.2 Å². The maximum Gasteiger partial charge on any atom is 0.240 e. The van der Waals surface area contributed by atoms with Gasteiger partial charge in [0.15, 0.2) is 0 Å². The minimum absolute atomic E-state index is 0.129. The molecule has 0 aromatic carbocycles. The van der Waals surface area contributed by atoms with Gasteiger partial charge in [-0.15, -0.1) is 0 Å². The van der Waals surface area contributed by atoms with E-state index in [1.807, 2.05) is 0 Å². The predicted molar refractivity (Wildman–Crippen MR) is 104 cm³/mol. The number of aliphatic hydroxyl groups excluding tert-OH is 2. The van der Waals surface area contributed by atoms with Crippen molar-refractivity contribution in [3.63, 3.8) is 0 Å². The van der Waals surface area contributed by atoms with E-state index in [0.29, 0.717) is 42.6 Å². The molecular weight excluding hydrogens is 360 g/mol. The molecule has 1 heterocycles. The third-order valence-corrected chi connectivity index (χ3v) is 7.76. The minimum Gasteiger partial charge on any atom is -0.394 e. The summed E-state index contributed by atoms with van der Waals surface area (Å²) in [5.41, 5.74) is 0.349. The number of hydroxylamine groups is 2. The van der Waals surface area contributed by atoms with E-state index in [2.05, 4.69) is 26.1 Å². The number of hydrogen-bond acceptors (Lipinski definition) is 6. The van der Waals surface area contributed by atoms with E-state index in [1.54, 1.807) is 12.0 Å². The molecule has 4 rings (SSSR count). The molecule has 0 unspecified atom stereocenters. The molecule has 4 aliphatic rings. The Hall–Kier alpha value is -1.02. The van der Waals surface area contributed by atoms with E-state index in [0.717, 1.165) is 12.7 Å². The molecule has 1 saturated heterocycles. The zero-order valence-corrected chi connectivity index (χ0v) is 17.5. The van der Waals surface area contributed by atoms with Crippen molar-refractivity contribution in [3.8, 4) is 0 Å². The number of carbonyl (C=O) groups is 2. The van der Waals surface area contributed by atoms with E-state index in [4.69, 9.17) is 4.84 Å². The van der Waals surface area contributed by atoms with Gasteiger partial charge >= 0.3 is 0 Å². The number of fused-ring (bicyclic) bond motifs is 2. The summed E-state index contributed by atoms with van der Waals surface area (Å²) in [4.78, 5) is 29.7. The number of nitrogens with zero attached hydrogens (tertiary/aromatic N) is 1. The van der Waals surface area contributed by atoms with Gasteiger partial charge in [-0.2, -0.15) is 5.06 Å². The lowest BCUT2D eigenvalue weighted by molar-refractivity contribution is -0.178. The summed E-state index contributed by atoms with van der Waals surface area (Å²) in [6.07, 6.45) is 2.61. The highest BCUT2D eigenvalue weighted by molar-refractivity contribution is 5.82. The third-order valence-electron chi connectivity index (χ3n) is 7.76. The molecule has 3 saturated carbocycles. The van der Waals surface area contributed by atoms with Gasteiger partial charge in [0.25, 0.3) is 0 Å². The number of nitrogens with one attached hydrogen (secondary N) is 1. The summed E-state index contributed by atoms with van der Waals surface area (Å²) >= 11 is 0. The van der Waals surface area contributed by atoms with Gasteiger partial charge in [-0.1, -0.05) is 20.8 Å². The first kappa shape index (κ1) is 21.7. The molecule has 8 atom stereocenters. The van der Waals surface area contributed by atoms with Crippen LogP contribution < -0.4 is 5.32 Å². The molecule has 160 valence electrons. The number of amides is 1. The molecule has 3 aliphatic carbocycles. The van der Waals surface area contributed by atoms with Crippen LogP contribution in [0.4, 0.5) is 0 Å². The summed E-state index contributed by atoms with van der Waals surface area (Å²) in [6, 6.07) is -0.536. The van der Waals surface area contributed by atoms with Crippen LogP contribution in [0.15, 0.2) is 0 Å². The average molecular weight is 397 g/mol. The van der Waals surface area contributed by atoms with Gasteiger partial charge in [0.05, 0.1) is 12.7 Å². The van der Waals surface area contributed by atoms with Crippen molar-refractivity contribution in [2.45, 2.75) is 77.7 Å². The van der Waals surface area contributed by atoms with Crippen LogP contribution >= 0.6 is 0 Å². The Balaban J connectivity index is 1.71. The Kier molecular flexibility index (Phi) is 6.49. The molecule has 0 aromatic rings. The Bertz CT molecular complexity index is 581. The van der Waals surface area contributed by atoms with Crippen LogP contribution in [0.1, 0.15) is 53.4 Å². The lowest BCUT2D eigenvalue weighted by Gasteiger charge is -2.62. The SMILES string of the molecule is C[C@@H]1[C@@H](NC(=O)[C@@H]2[C@H]([C@H](C)O)[C@H](CO)ON2CCCC=O)C[C@H]2C[C@@H]1C2(C)C. The molecule has 7 nitrogen and oxygen atoms in total. The van der Waals surface area contributed by atoms with Gasteiger partial charge in [-0.25, -0.2) is 0 Å². The summed E-state index contributed by atoms with van der Waals surface area (Å²) in [6.45, 7) is 8.66. The van der Waals surface area contributed by atoms with E-state index in [9.17, 15) is 19.8 Å². The van der Waals surface area contributed by atoms with Gasteiger partial charge in [-0.3, -0.25) is 9.63 Å². The molecule has 1 aliphatic heterocycles. The highest BCUT2D eigenvalue weighted by Crippen LogP contribution is 2.61. The fourth-order valence-electron chi connectivity index (χ4n) is 5.87. The van der Waals surface area contributed by atoms with Crippen LogP contribution in [-0.2, 0) is 14.4 Å². The van der Waals surface area contributed by atoms with Crippen molar-refractivity contribution < 1.29 is 24.6 Å². The molecule has 0 radical (unpaired) electrons. The second-order valence-electron chi connectivity index (χ2n) is 9.61. The van der Waals surface area contributed by atoms with Crippen molar-refractivity contribution in [1.82, 2.24) is 10.4 Å². The number of hydrogen-bond donors (Lipinski definition) is 3. The molecule has 0 spiro atoms. The lowest BCUT2D eigenvalue weighted by atomic mass is 9.45. The number of aldehydes is 1. The second-order valence-corrected chi connectivity index (χ2v) is 9.61. The quantitative estimate of drug-likeness (QED) is 0.420. The molecule has 2 bridgehead atoms. The maximum atomic E-state index is 13.3. The largest absolute Gasteiger partial charge is 0.394 e. The average Bonchev–Trinajstić information content (AvgIpc) is 3.02. The zero-order chi connectivity index (χ0) is 20.6. The number of rotatable bonds is 8. The van der Waals surface area contributed by atoms with Crippen molar-refractivity contribution in [3.05, 3.63) is 0 Å². The third kappa shape index (κ3) is 3.74. The topological polar surface area (TPSA) is 99.1 Å².